The van der Waals surface area contributed by atoms with E-state index in [1.165, 1.54) is 7.05 Å². The molecule has 1 N–H and O–H groups in total. The van der Waals surface area contributed by atoms with Gasteiger partial charge < -0.3 is 14.8 Å². The van der Waals surface area contributed by atoms with Crippen molar-refractivity contribution >= 4 is 29.6 Å². The SMILES string of the molecule is C=CCc1cc(/C=C2/NC(=O)N(C)C2=O)cc(OCC)c1OCc1ccc(Cl)cc1. The first kappa shape index (κ1) is 21.5. The minimum absolute atomic E-state index is 0.212. The summed E-state index contributed by atoms with van der Waals surface area (Å²) >= 11 is 5.95. The first-order valence-corrected chi connectivity index (χ1v) is 9.89. The van der Waals surface area contributed by atoms with Gasteiger partial charge in [0.2, 0.25) is 0 Å². The summed E-state index contributed by atoms with van der Waals surface area (Å²) in [6.45, 7) is 6.50. The molecule has 0 unspecified atom stereocenters. The second kappa shape index (κ2) is 9.50. The Hall–Kier alpha value is -3.25. The summed E-state index contributed by atoms with van der Waals surface area (Å²) in [6, 6.07) is 10.7. The Balaban J connectivity index is 1.95. The third-order valence-electron chi connectivity index (χ3n) is 4.51. The van der Waals surface area contributed by atoms with Crippen LogP contribution in [-0.2, 0) is 17.8 Å². The van der Waals surface area contributed by atoms with Gasteiger partial charge in [0.25, 0.3) is 5.91 Å². The molecule has 2 aromatic carbocycles. The summed E-state index contributed by atoms with van der Waals surface area (Å²) in [5.74, 6) is 0.793. The van der Waals surface area contributed by atoms with Crippen LogP contribution < -0.4 is 14.8 Å². The van der Waals surface area contributed by atoms with Crippen molar-refractivity contribution in [1.82, 2.24) is 10.2 Å². The van der Waals surface area contributed by atoms with Gasteiger partial charge in [-0.25, -0.2) is 4.79 Å². The topological polar surface area (TPSA) is 67.9 Å². The van der Waals surface area contributed by atoms with Gasteiger partial charge in [0.15, 0.2) is 11.5 Å². The van der Waals surface area contributed by atoms with Crippen molar-refractivity contribution in [1.29, 1.82) is 0 Å². The lowest BCUT2D eigenvalue weighted by atomic mass is 10.0. The highest BCUT2D eigenvalue weighted by Crippen LogP contribution is 2.35. The Morgan fingerprint density at radius 3 is 2.50 bits per heavy atom. The summed E-state index contributed by atoms with van der Waals surface area (Å²) in [6.07, 6.45) is 3.95. The van der Waals surface area contributed by atoms with Crippen molar-refractivity contribution < 1.29 is 19.1 Å². The molecule has 0 aliphatic carbocycles. The highest BCUT2D eigenvalue weighted by Gasteiger charge is 2.30. The second-order valence-electron chi connectivity index (χ2n) is 6.70. The van der Waals surface area contributed by atoms with Gasteiger partial charge in [-0.15, -0.1) is 6.58 Å². The van der Waals surface area contributed by atoms with E-state index in [1.54, 1.807) is 18.2 Å². The van der Waals surface area contributed by atoms with Crippen LogP contribution in [0.15, 0.2) is 54.8 Å². The van der Waals surface area contributed by atoms with Crippen molar-refractivity contribution in [2.75, 3.05) is 13.7 Å². The van der Waals surface area contributed by atoms with Crippen molar-refractivity contribution in [2.45, 2.75) is 20.0 Å². The van der Waals surface area contributed by atoms with Crippen LogP contribution in [0.25, 0.3) is 6.08 Å². The maximum Gasteiger partial charge on any atom is 0.328 e. The average Bonchev–Trinajstić information content (AvgIpc) is 2.96. The summed E-state index contributed by atoms with van der Waals surface area (Å²) in [4.78, 5) is 24.9. The van der Waals surface area contributed by atoms with Crippen LogP contribution in [0.3, 0.4) is 0 Å². The zero-order chi connectivity index (χ0) is 21.7. The molecule has 3 amide bonds. The molecule has 7 heteroatoms. The molecule has 2 aromatic rings. The van der Waals surface area contributed by atoms with E-state index in [1.807, 2.05) is 37.3 Å². The predicted molar refractivity (Wildman–Crippen MR) is 117 cm³/mol. The van der Waals surface area contributed by atoms with E-state index in [0.717, 1.165) is 16.0 Å². The number of urea groups is 1. The molecule has 1 saturated heterocycles. The highest BCUT2D eigenvalue weighted by molar-refractivity contribution is 6.30. The second-order valence-corrected chi connectivity index (χ2v) is 7.14. The lowest BCUT2D eigenvalue weighted by Gasteiger charge is -2.17. The molecular formula is C23H23ClN2O4. The van der Waals surface area contributed by atoms with Crippen molar-refractivity contribution in [2.24, 2.45) is 0 Å². The van der Waals surface area contributed by atoms with Crippen LogP contribution in [0.1, 0.15) is 23.6 Å². The third-order valence-corrected chi connectivity index (χ3v) is 4.76. The first-order valence-electron chi connectivity index (χ1n) is 9.51. The molecular weight excluding hydrogens is 404 g/mol. The van der Waals surface area contributed by atoms with Crippen LogP contribution in [0.5, 0.6) is 11.5 Å². The maximum absolute atomic E-state index is 12.2. The van der Waals surface area contributed by atoms with Crippen molar-refractivity contribution in [3.63, 3.8) is 0 Å². The Morgan fingerprint density at radius 2 is 1.90 bits per heavy atom. The smallest absolute Gasteiger partial charge is 0.328 e. The van der Waals surface area contributed by atoms with Crippen molar-refractivity contribution in [3.8, 4) is 11.5 Å². The van der Waals surface area contributed by atoms with Gasteiger partial charge in [-0.05, 0) is 54.8 Å². The maximum atomic E-state index is 12.2. The highest BCUT2D eigenvalue weighted by atomic mass is 35.5. The van der Waals surface area contributed by atoms with E-state index in [4.69, 9.17) is 21.1 Å². The van der Waals surface area contributed by atoms with Gasteiger partial charge in [0, 0.05) is 17.6 Å². The van der Waals surface area contributed by atoms with Crippen molar-refractivity contribution in [3.05, 3.63) is 76.5 Å². The fraction of sp³-hybridized carbons (Fsp3) is 0.217. The molecule has 1 aliphatic heterocycles. The molecule has 0 spiro atoms. The van der Waals surface area contributed by atoms with Gasteiger partial charge >= 0.3 is 6.03 Å². The number of carbonyl (C=O) groups is 2. The Morgan fingerprint density at radius 1 is 1.17 bits per heavy atom. The average molecular weight is 427 g/mol. The quantitative estimate of drug-likeness (QED) is 0.381. The number of nitrogens with one attached hydrogen (secondary N) is 1. The number of likely N-dealkylation sites (N-methyl/N-ethyl adjacent to an activating group) is 1. The third kappa shape index (κ3) is 4.83. The molecule has 0 aromatic heterocycles. The van der Waals surface area contributed by atoms with E-state index in [0.29, 0.717) is 41.7 Å². The van der Waals surface area contributed by atoms with E-state index in [-0.39, 0.29) is 11.6 Å². The lowest BCUT2D eigenvalue weighted by Crippen LogP contribution is -2.25. The molecule has 0 saturated carbocycles. The van der Waals surface area contributed by atoms with Crippen LogP contribution in [0.4, 0.5) is 4.79 Å². The summed E-state index contributed by atoms with van der Waals surface area (Å²) in [5.41, 5.74) is 2.76. The lowest BCUT2D eigenvalue weighted by molar-refractivity contribution is -0.121. The van der Waals surface area contributed by atoms with Crippen LogP contribution >= 0.6 is 11.6 Å². The first-order chi connectivity index (χ1) is 14.4. The number of hydrogen-bond donors (Lipinski definition) is 1. The molecule has 1 aliphatic rings. The standard InChI is InChI=1S/C23H23ClN2O4/c1-4-6-17-11-16(12-19-22(27)26(3)23(28)25-19)13-20(29-5-2)21(17)30-14-15-7-9-18(24)10-8-15/h4,7-13H,1,5-6,14H2,2-3H3,(H,25,28)/b19-12+. The Bertz CT molecular complexity index is 999. The number of imide groups is 1. The number of hydrogen-bond acceptors (Lipinski definition) is 4. The van der Waals surface area contributed by atoms with Gasteiger partial charge in [0.1, 0.15) is 12.3 Å². The molecule has 0 atom stereocenters. The number of carbonyl (C=O) groups excluding carboxylic acids is 2. The molecule has 1 heterocycles. The molecule has 156 valence electrons. The molecule has 0 bridgehead atoms. The minimum atomic E-state index is -0.453. The molecule has 0 radical (unpaired) electrons. The largest absolute Gasteiger partial charge is 0.490 e. The van der Waals surface area contributed by atoms with Gasteiger partial charge in [-0.3, -0.25) is 9.69 Å². The number of allylic oxidation sites excluding steroid dienone is 1. The summed E-state index contributed by atoms with van der Waals surface area (Å²) in [5, 5.41) is 3.23. The fourth-order valence-electron chi connectivity index (χ4n) is 3.03. The Labute approximate surface area is 180 Å². The van der Waals surface area contributed by atoms with Crippen LogP contribution in [0.2, 0.25) is 5.02 Å². The van der Waals surface area contributed by atoms with E-state index < -0.39 is 6.03 Å². The normalized spacial score (nSPS) is 14.8. The minimum Gasteiger partial charge on any atom is -0.490 e. The van der Waals surface area contributed by atoms with Crippen LogP contribution in [0, 0.1) is 0 Å². The van der Waals surface area contributed by atoms with E-state index in [2.05, 4.69) is 11.9 Å². The number of ether oxygens (including phenoxy) is 2. The van der Waals surface area contributed by atoms with E-state index >= 15 is 0 Å². The number of benzene rings is 2. The Kier molecular flexibility index (Phi) is 6.79. The van der Waals surface area contributed by atoms with Gasteiger partial charge in [-0.2, -0.15) is 0 Å². The molecule has 30 heavy (non-hydrogen) atoms. The van der Waals surface area contributed by atoms with Crippen LogP contribution in [-0.4, -0.2) is 30.5 Å². The number of nitrogens with zero attached hydrogens (tertiary/aromatic N) is 1. The number of halogens is 1. The van der Waals surface area contributed by atoms with E-state index in [9.17, 15) is 9.59 Å². The number of rotatable bonds is 8. The zero-order valence-electron chi connectivity index (χ0n) is 16.9. The zero-order valence-corrected chi connectivity index (χ0v) is 17.7. The molecule has 3 rings (SSSR count). The summed E-state index contributed by atoms with van der Waals surface area (Å²) < 4.78 is 11.9. The number of amides is 3. The summed E-state index contributed by atoms with van der Waals surface area (Å²) in [7, 11) is 1.43. The molecule has 6 nitrogen and oxygen atoms in total. The van der Waals surface area contributed by atoms with Gasteiger partial charge in [-0.1, -0.05) is 29.8 Å². The fourth-order valence-corrected chi connectivity index (χ4v) is 3.15. The predicted octanol–water partition coefficient (Wildman–Crippen LogP) is 4.57. The molecule has 1 fully saturated rings. The monoisotopic (exact) mass is 426 g/mol. The van der Waals surface area contributed by atoms with Gasteiger partial charge in [0.05, 0.1) is 6.61 Å².